The number of hydrogen-bond acceptors (Lipinski definition) is 5. The lowest BCUT2D eigenvalue weighted by Gasteiger charge is -2.27. The lowest BCUT2D eigenvalue weighted by molar-refractivity contribution is 0.0596. The number of fused-ring (bicyclic) bond motifs is 1. The fourth-order valence-corrected chi connectivity index (χ4v) is 4.54. The van der Waals surface area contributed by atoms with Gasteiger partial charge in [0.05, 0.1) is 17.6 Å². The zero-order chi connectivity index (χ0) is 18.7. The number of nitrogens with one attached hydrogen (secondary N) is 2. The first-order valence-corrected chi connectivity index (χ1v) is 9.97. The largest absolute Gasteiger partial charge is 0.465 e. The molecule has 0 amide bonds. The van der Waals surface area contributed by atoms with Crippen molar-refractivity contribution >= 4 is 40.0 Å². The van der Waals surface area contributed by atoms with Crippen molar-refractivity contribution in [1.82, 2.24) is 10.0 Å². The molecule has 146 valence electrons. The number of sulfonamides is 1. The van der Waals surface area contributed by atoms with Gasteiger partial charge in [-0.3, -0.25) is 0 Å². The van der Waals surface area contributed by atoms with Crippen molar-refractivity contribution in [3.8, 4) is 0 Å². The summed E-state index contributed by atoms with van der Waals surface area (Å²) >= 11 is 5.93. The van der Waals surface area contributed by atoms with Crippen LogP contribution in [0.1, 0.15) is 27.5 Å². The van der Waals surface area contributed by atoms with Crippen LogP contribution in [0.4, 0.5) is 0 Å². The molecule has 1 aliphatic heterocycles. The van der Waals surface area contributed by atoms with Gasteiger partial charge in [0.1, 0.15) is 0 Å². The Kier molecular flexibility index (Phi) is 7.25. The highest BCUT2D eigenvalue weighted by Crippen LogP contribution is 2.24. The number of carbonyl (C=O) groups is 1. The van der Waals surface area contributed by atoms with Gasteiger partial charge in [0.2, 0.25) is 10.0 Å². The van der Waals surface area contributed by atoms with E-state index in [-0.39, 0.29) is 40.5 Å². The normalized spacial score (nSPS) is 16.1. The topological polar surface area (TPSA) is 84.5 Å². The van der Waals surface area contributed by atoms with E-state index in [9.17, 15) is 13.2 Å². The van der Waals surface area contributed by atoms with Gasteiger partial charge in [-0.1, -0.05) is 35.9 Å². The molecular weight excluding hydrogens is 411 g/mol. The van der Waals surface area contributed by atoms with Gasteiger partial charge in [0, 0.05) is 17.6 Å². The molecule has 1 unspecified atom stereocenters. The van der Waals surface area contributed by atoms with Gasteiger partial charge in [0.25, 0.3) is 0 Å². The highest BCUT2D eigenvalue weighted by molar-refractivity contribution is 7.89. The molecule has 3 rings (SSSR count). The van der Waals surface area contributed by atoms with Crippen LogP contribution in [0.25, 0.3) is 0 Å². The summed E-state index contributed by atoms with van der Waals surface area (Å²) in [6.07, 6.45) is 0.903. The number of carbonyl (C=O) groups excluding carboxylic acids is 1. The fraction of sp³-hybridized carbons (Fsp3) is 0.278. The summed E-state index contributed by atoms with van der Waals surface area (Å²) in [5.74, 6) is -0.733. The number of halogens is 2. The molecule has 0 fully saturated rings. The maximum Gasteiger partial charge on any atom is 0.339 e. The van der Waals surface area contributed by atoms with Crippen molar-refractivity contribution in [1.29, 1.82) is 0 Å². The summed E-state index contributed by atoms with van der Waals surface area (Å²) in [5, 5.41) is 3.54. The lowest BCUT2D eigenvalue weighted by atomic mass is 9.95. The van der Waals surface area contributed by atoms with Gasteiger partial charge >= 0.3 is 5.97 Å². The first kappa shape index (κ1) is 21.7. The highest BCUT2D eigenvalue weighted by atomic mass is 35.5. The molecule has 9 heteroatoms. The quantitative estimate of drug-likeness (QED) is 0.712. The second-order valence-electron chi connectivity index (χ2n) is 5.94. The molecule has 0 spiro atoms. The first-order valence-electron chi connectivity index (χ1n) is 8.11. The number of esters is 1. The Labute approximate surface area is 169 Å². The Balaban J connectivity index is 0.00000261. The van der Waals surface area contributed by atoms with E-state index in [1.807, 2.05) is 24.3 Å². The molecular formula is C18H20Cl2N2O4S. The van der Waals surface area contributed by atoms with Crippen LogP contribution in [0.3, 0.4) is 0 Å². The molecule has 0 saturated heterocycles. The monoisotopic (exact) mass is 430 g/mol. The van der Waals surface area contributed by atoms with Gasteiger partial charge in [-0.15, -0.1) is 12.4 Å². The molecule has 1 atom stereocenters. The van der Waals surface area contributed by atoms with Crippen LogP contribution in [0.2, 0.25) is 5.02 Å². The van der Waals surface area contributed by atoms with Crippen molar-refractivity contribution in [2.75, 3.05) is 20.2 Å². The lowest BCUT2D eigenvalue weighted by Crippen LogP contribution is -2.39. The number of methoxy groups -OCH3 is 1. The standard InChI is InChI=1S/C18H19ClN2O4S.ClH/c1-25-18(22)15-7-6-13(19)10-17(15)26(23,24)21-11-16-14-5-3-2-4-12(14)8-9-20-16;/h2-7,10,16,20-21H,8-9,11H2,1H3;1H. The van der Waals surface area contributed by atoms with E-state index >= 15 is 0 Å². The van der Waals surface area contributed by atoms with Gasteiger partial charge < -0.3 is 10.1 Å². The van der Waals surface area contributed by atoms with E-state index in [1.54, 1.807) is 0 Å². The maximum atomic E-state index is 12.8. The molecule has 2 aromatic carbocycles. The average Bonchev–Trinajstić information content (AvgIpc) is 2.65. The van der Waals surface area contributed by atoms with Crippen molar-refractivity contribution < 1.29 is 17.9 Å². The molecule has 0 saturated carbocycles. The molecule has 0 bridgehead atoms. The fourth-order valence-electron chi connectivity index (χ4n) is 3.04. The number of benzene rings is 2. The van der Waals surface area contributed by atoms with Crippen LogP contribution in [-0.4, -0.2) is 34.6 Å². The third kappa shape index (κ3) is 4.80. The second-order valence-corrected chi connectivity index (χ2v) is 8.11. The SMILES string of the molecule is COC(=O)c1ccc(Cl)cc1S(=O)(=O)NCC1NCCc2ccccc21.Cl. The number of rotatable bonds is 5. The Morgan fingerprint density at radius 2 is 2.04 bits per heavy atom. The Hall–Kier alpha value is -1.64. The third-order valence-corrected chi connectivity index (χ3v) is 6.03. The van der Waals surface area contributed by atoms with E-state index in [1.165, 1.54) is 30.9 Å². The molecule has 2 N–H and O–H groups in total. The predicted molar refractivity (Wildman–Crippen MR) is 106 cm³/mol. The van der Waals surface area contributed by atoms with Crippen LogP contribution >= 0.6 is 24.0 Å². The van der Waals surface area contributed by atoms with E-state index in [0.717, 1.165) is 18.5 Å². The third-order valence-electron chi connectivity index (χ3n) is 4.33. The summed E-state index contributed by atoms with van der Waals surface area (Å²) in [6.45, 7) is 0.931. The molecule has 2 aromatic rings. The molecule has 1 heterocycles. The Morgan fingerprint density at radius 1 is 1.30 bits per heavy atom. The number of ether oxygens (including phenoxy) is 1. The summed E-state index contributed by atoms with van der Waals surface area (Å²) < 4.78 is 32.8. The zero-order valence-electron chi connectivity index (χ0n) is 14.6. The van der Waals surface area contributed by atoms with E-state index < -0.39 is 16.0 Å². The summed E-state index contributed by atoms with van der Waals surface area (Å²) in [5.41, 5.74) is 2.22. The minimum atomic E-state index is -3.95. The van der Waals surface area contributed by atoms with Crippen molar-refractivity contribution in [3.05, 3.63) is 64.2 Å². The van der Waals surface area contributed by atoms with E-state index in [2.05, 4.69) is 14.8 Å². The summed E-state index contributed by atoms with van der Waals surface area (Å²) in [7, 11) is -2.75. The van der Waals surface area contributed by atoms with Gasteiger partial charge in [-0.25, -0.2) is 17.9 Å². The number of hydrogen-bond donors (Lipinski definition) is 2. The van der Waals surface area contributed by atoms with Gasteiger partial charge in [0.15, 0.2) is 0 Å². The zero-order valence-corrected chi connectivity index (χ0v) is 17.0. The summed E-state index contributed by atoms with van der Waals surface area (Å²) in [4.78, 5) is 11.7. The van der Waals surface area contributed by atoms with E-state index in [0.29, 0.717) is 0 Å². The van der Waals surface area contributed by atoms with Crippen molar-refractivity contribution in [2.45, 2.75) is 17.4 Å². The van der Waals surface area contributed by atoms with Crippen LogP contribution < -0.4 is 10.0 Å². The maximum absolute atomic E-state index is 12.8. The van der Waals surface area contributed by atoms with Crippen LogP contribution in [0.15, 0.2) is 47.4 Å². The van der Waals surface area contributed by atoms with E-state index in [4.69, 9.17) is 11.6 Å². The molecule has 0 aromatic heterocycles. The first-order chi connectivity index (χ1) is 12.4. The van der Waals surface area contributed by atoms with Crippen LogP contribution in [0.5, 0.6) is 0 Å². The van der Waals surface area contributed by atoms with Crippen LogP contribution in [-0.2, 0) is 21.2 Å². The Morgan fingerprint density at radius 3 is 2.78 bits per heavy atom. The molecule has 27 heavy (non-hydrogen) atoms. The molecule has 0 radical (unpaired) electrons. The molecule has 0 aliphatic carbocycles. The second kappa shape index (κ2) is 9.03. The Bertz CT molecular complexity index is 935. The van der Waals surface area contributed by atoms with Gasteiger partial charge in [-0.05, 0) is 42.3 Å². The minimum absolute atomic E-state index is 0. The summed E-state index contributed by atoms with van der Waals surface area (Å²) in [6, 6.07) is 11.8. The molecule has 1 aliphatic rings. The van der Waals surface area contributed by atoms with Crippen molar-refractivity contribution in [3.63, 3.8) is 0 Å². The predicted octanol–water partition coefficient (Wildman–Crippen LogP) is 2.71. The van der Waals surface area contributed by atoms with Gasteiger partial charge in [-0.2, -0.15) is 0 Å². The molecule has 6 nitrogen and oxygen atoms in total. The average molecular weight is 431 g/mol. The van der Waals surface area contributed by atoms with Crippen LogP contribution in [0, 0.1) is 0 Å². The highest BCUT2D eigenvalue weighted by Gasteiger charge is 2.26. The smallest absolute Gasteiger partial charge is 0.339 e. The van der Waals surface area contributed by atoms with Crippen molar-refractivity contribution in [2.24, 2.45) is 0 Å². The minimum Gasteiger partial charge on any atom is -0.465 e.